The predicted octanol–water partition coefficient (Wildman–Crippen LogP) is 2.37. The van der Waals surface area contributed by atoms with E-state index in [0.29, 0.717) is 6.61 Å². The monoisotopic (exact) mass is 583 g/mol. The molecule has 6 atom stereocenters. The molecule has 41 heavy (non-hydrogen) atoms. The second-order valence-electron chi connectivity index (χ2n) is 9.79. The standard InChI is InChI=1S/C29H33N3O8S/c1-31-25(33)20(26(34)32(2)29(31)35)14-30-22-24(37-15-17-10-12-19(36-3)13-11-17)23-21(39-28(22)41-4)16-38-27(40-23)18-8-6-5-7-9-18/h5-14,21-24,27-28,33H,15-16H2,1-4H3/t21-,22-,23-,24-,27?,28+/m1/s1. The summed E-state index contributed by atoms with van der Waals surface area (Å²) >= 11 is 1.44. The third-order valence-corrected chi connectivity index (χ3v) is 8.11. The highest BCUT2D eigenvalue weighted by molar-refractivity contribution is 7.99. The number of aromatic hydroxyl groups is 1. The highest BCUT2D eigenvalue weighted by Crippen LogP contribution is 2.39. The lowest BCUT2D eigenvalue weighted by Gasteiger charge is -2.48. The predicted molar refractivity (Wildman–Crippen MR) is 154 cm³/mol. The minimum Gasteiger partial charge on any atom is -0.497 e. The van der Waals surface area contributed by atoms with Gasteiger partial charge in [-0.2, -0.15) is 0 Å². The molecule has 2 aliphatic heterocycles. The van der Waals surface area contributed by atoms with Gasteiger partial charge in [0.2, 0.25) is 5.88 Å². The first-order chi connectivity index (χ1) is 19.8. The van der Waals surface area contributed by atoms with Crippen LogP contribution >= 0.6 is 11.8 Å². The lowest BCUT2D eigenvalue weighted by atomic mass is 9.96. The van der Waals surface area contributed by atoms with E-state index in [-0.39, 0.29) is 12.2 Å². The van der Waals surface area contributed by atoms with E-state index in [2.05, 4.69) is 0 Å². The molecule has 2 saturated heterocycles. The normalized spacial score (nSPS) is 26.1. The summed E-state index contributed by atoms with van der Waals surface area (Å²) in [5, 5.41) is 10.6. The zero-order chi connectivity index (χ0) is 29.1. The van der Waals surface area contributed by atoms with Crippen LogP contribution in [0.5, 0.6) is 11.6 Å². The number of hydrogen-bond donors (Lipinski definition) is 1. The molecule has 11 nitrogen and oxygen atoms in total. The van der Waals surface area contributed by atoms with Crippen LogP contribution in [0.2, 0.25) is 0 Å². The van der Waals surface area contributed by atoms with Crippen molar-refractivity contribution in [3.63, 3.8) is 0 Å². The molecule has 3 aromatic rings. The molecule has 3 heterocycles. The van der Waals surface area contributed by atoms with E-state index >= 15 is 0 Å². The number of aromatic nitrogens is 2. The minimum atomic E-state index is -0.660. The Morgan fingerprint density at radius 1 is 1.07 bits per heavy atom. The second-order valence-corrected chi connectivity index (χ2v) is 10.7. The van der Waals surface area contributed by atoms with E-state index in [1.165, 1.54) is 32.1 Å². The lowest BCUT2D eigenvalue weighted by Crippen LogP contribution is -2.61. The van der Waals surface area contributed by atoms with Crippen LogP contribution in [0.4, 0.5) is 0 Å². The topological polar surface area (TPSA) is 123 Å². The average molecular weight is 584 g/mol. The Balaban J connectivity index is 1.50. The first kappa shape index (κ1) is 29.1. The van der Waals surface area contributed by atoms with E-state index in [9.17, 15) is 14.7 Å². The van der Waals surface area contributed by atoms with Crippen LogP contribution < -0.4 is 16.0 Å². The molecule has 2 aliphatic rings. The summed E-state index contributed by atoms with van der Waals surface area (Å²) < 4.78 is 32.6. The average Bonchev–Trinajstić information content (AvgIpc) is 3.02. The molecule has 0 spiro atoms. The number of aliphatic imine (C=N–C) groups is 1. The summed E-state index contributed by atoms with van der Waals surface area (Å²) in [6, 6.07) is 16.6. The van der Waals surface area contributed by atoms with Crippen LogP contribution in [0.15, 0.2) is 69.2 Å². The fourth-order valence-electron chi connectivity index (χ4n) is 4.93. The smallest absolute Gasteiger partial charge is 0.333 e. The molecule has 1 N–H and O–H groups in total. The molecule has 0 radical (unpaired) electrons. The van der Waals surface area contributed by atoms with Crippen LogP contribution in [-0.2, 0) is 39.6 Å². The molecular weight excluding hydrogens is 550 g/mol. The summed E-state index contributed by atoms with van der Waals surface area (Å²) in [5.41, 5.74) is -0.0856. The first-order valence-corrected chi connectivity index (χ1v) is 14.4. The van der Waals surface area contributed by atoms with Gasteiger partial charge in [0.25, 0.3) is 5.56 Å². The molecule has 218 valence electrons. The first-order valence-electron chi connectivity index (χ1n) is 13.1. The van der Waals surface area contributed by atoms with E-state index in [1.54, 1.807) is 7.11 Å². The summed E-state index contributed by atoms with van der Waals surface area (Å²) in [4.78, 5) is 29.8. The maximum Gasteiger partial charge on any atom is 0.333 e. The molecular formula is C29H33N3O8S. The summed E-state index contributed by atoms with van der Waals surface area (Å²) in [5.74, 6) is 0.265. The van der Waals surface area contributed by atoms with Crippen molar-refractivity contribution in [3.05, 3.63) is 92.1 Å². The highest BCUT2D eigenvalue weighted by atomic mass is 32.2. The van der Waals surface area contributed by atoms with Crippen molar-refractivity contribution in [1.29, 1.82) is 0 Å². The Morgan fingerprint density at radius 3 is 2.49 bits per heavy atom. The van der Waals surface area contributed by atoms with Crippen molar-refractivity contribution in [2.45, 2.75) is 42.7 Å². The van der Waals surface area contributed by atoms with Crippen molar-refractivity contribution in [1.82, 2.24) is 9.13 Å². The van der Waals surface area contributed by atoms with Crippen LogP contribution in [0.1, 0.15) is 23.0 Å². The van der Waals surface area contributed by atoms with Crippen molar-refractivity contribution >= 4 is 18.0 Å². The van der Waals surface area contributed by atoms with E-state index in [4.69, 9.17) is 28.7 Å². The summed E-state index contributed by atoms with van der Waals surface area (Å²) in [6.45, 7) is 0.556. The number of rotatable bonds is 8. The van der Waals surface area contributed by atoms with Crippen molar-refractivity contribution < 1.29 is 28.8 Å². The van der Waals surface area contributed by atoms with Crippen LogP contribution in [0.3, 0.4) is 0 Å². The molecule has 12 heteroatoms. The van der Waals surface area contributed by atoms with Gasteiger partial charge in [-0.15, -0.1) is 11.8 Å². The van der Waals surface area contributed by atoms with Crippen LogP contribution in [0.25, 0.3) is 0 Å². The van der Waals surface area contributed by atoms with Gasteiger partial charge in [-0.3, -0.25) is 18.9 Å². The van der Waals surface area contributed by atoms with E-state index in [1.807, 2.05) is 60.9 Å². The van der Waals surface area contributed by atoms with E-state index in [0.717, 1.165) is 26.0 Å². The number of nitrogens with zero attached hydrogens (tertiary/aromatic N) is 3. The molecule has 2 fully saturated rings. The largest absolute Gasteiger partial charge is 0.497 e. The number of benzene rings is 2. The summed E-state index contributed by atoms with van der Waals surface area (Å²) in [7, 11) is 4.34. The Morgan fingerprint density at radius 2 is 1.80 bits per heavy atom. The number of ether oxygens (including phenoxy) is 5. The third-order valence-electron chi connectivity index (χ3n) is 7.26. The quantitative estimate of drug-likeness (QED) is 0.398. The van der Waals surface area contributed by atoms with Gasteiger partial charge in [0.1, 0.15) is 41.1 Å². The van der Waals surface area contributed by atoms with Crippen molar-refractivity contribution in [2.75, 3.05) is 20.0 Å². The van der Waals surface area contributed by atoms with Gasteiger partial charge in [0.05, 0.1) is 20.3 Å². The minimum absolute atomic E-state index is 0.111. The Labute approximate surface area is 241 Å². The van der Waals surface area contributed by atoms with Crippen molar-refractivity contribution in [3.8, 4) is 11.6 Å². The number of fused-ring (bicyclic) bond motifs is 1. The Bertz CT molecular complexity index is 1490. The molecule has 0 bridgehead atoms. The van der Waals surface area contributed by atoms with Gasteiger partial charge in [-0.05, 0) is 24.0 Å². The Hall–Kier alpha value is -3.42. The third kappa shape index (κ3) is 5.97. The van der Waals surface area contributed by atoms with Gasteiger partial charge in [-0.1, -0.05) is 42.5 Å². The fourth-order valence-corrected chi connectivity index (χ4v) is 5.69. The SMILES string of the molecule is COc1ccc(CO[C@@H]2[C@@H](N=Cc3c(O)n(C)c(=O)n(C)c3=O)[C@H](SC)O[C@@H]3COC(c4ccccc4)O[C@@H]23)cc1. The lowest BCUT2D eigenvalue weighted by molar-refractivity contribution is -0.311. The molecule has 0 aliphatic carbocycles. The zero-order valence-corrected chi connectivity index (χ0v) is 24.0. The van der Waals surface area contributed by atoms with Gasteiger partial charge in [-0.25, -0.2) is 4.79 Å². The summed E-state index contributed by atoms with van der Waals surface area (Å²) in [6.07, 6.45) is 0.996. The maximum absolute atomic E-state index is 12.8. The van der Waals surface area contributed by atoms with Crippen molar-refractivity contribution in [2.24, 2.45) is 19.1 Å². The molecule has 1 unspecified atom stereocenters. The van der Waals surface area contributed by atoms with Gasteiger partial charge in [0, 0.05) is 25.9 Å². The van der Waals surface area contributed by atoms with E-state index < -0.39 is 53.2 Å². The highest BCUT2D eigenvalue weighted by Gasteiger charge is 2.50. The number of hydrogen-bond acceptors (Lipinski definition) is 10. The second kappa shape index (κ2) is 12.6. The number of methoxy groups -OCH3 is 1. The molecule has 1 aromatic heterocycles. The Kier molecular flexibility index (Phi) is 8.95. The van der Waals surface area contributed by atoms with Crippen LogP contribution in [0, 0.1) is 0 Å². The van der Waals surface area contributed by atoms with Gasteiger partial charge < -0.3 is 28.8 Å². The zero-order valence-electron chi connectivity index (χ0n) is 23.2. The molecule has 0 saturated carbocycles. The molecule has 2 aromatic carbocycles. The molecule has 5 rings (SSSR count). The fraction of sp³-hybridized carbons (Fsp3) is 0.414. The van der Waals surface area contributed by atoms with Crippen LogP contribution in [-0.4, -0.2) is 70.2 Å². The van der Waals surface area contributed by atoms with Gasteiger partial charge in [0.15, 0.2) is 6.29 Å². The number of thioether (sulfide) groups is 1. The molecule has 0 amide bonds. The maximum atomic E-state index is 12.8. The van der Waals surface area contributed by atoms with Gasteiger partial charge >= 0.3 is 5.69 Å².